The van der Waals surface area contributed by atoms with Gasteiger partial charge in [0.05, 0.1) is 15.5 Å². The molecule has 1 aromatic rings. The van der Waals surface area contributed by atoms with Gasteiger partial charge in [-0.05, 0) is 24.1 Å². The Kier molecular flexibility index (Phi) is 6.15. The molecule has 0 heterocycles. The fourth-order valence-electron chi connectivity index (χ4n) is 1.78. The summed E-state index contributed by atoms with van der Waals surface area (Å²) in [6.07, 6.45) is 0. The lowest BCUT2D eigenvalue weighted by Gasteiger charge is -2.19. The number of aliphatic carboxylic acids is 1. The highest BCUT2D eigenvalue weighted by Crippen LogP contribution is 2.22. The minimum absolute atomic E-state index is 0.0353. The van der Waals surface area contributed by atoms with E-state index in [1.54, 1.807) is 13.8 Å². The lowest BCUT2D eigenvalue weighted by molar-refractivity contribution is -0.140. The van der Waals surface area contributed by atoms with Gasteiger partial charge in [0.1, 0.15) is 6.04 Å². The lowest BCUT2D eigenvalue weighted by Crippen LogP contribution is -2.44. The van der Waals surface area contributed by atoms with Crippen molar-refractivity contribution in [2.45, 2.75) is 24.8 Å². The Bertz CT molecular complexity index is 716. The van der Waals surface area contributed by atoms with Crippen LogP contribution >= 0.6 is 11.6 Å². The van der Waals surface area contributed by atoms with Crippen LogP contribution in [0.2, 0.25) is 5.02 Å². The standard InChI is InChI=1S/C14H19ClN2O5S/c1-8(2)12(14(19)20)16-13(18)10-7-9(5-6-11(10)15)23(21,22)17(3)4/h5-8,12H,1-4H3,(H,16,18)(H,19,20)/t12-/m0/s1. The molecule has 9 heteroatoms. The van der Waals surface area contributed by atoms with Crippen LogP contribution in [0, 0.1) is 5.92 Å². The number of benzene rings is 1. The molecule has 0 unspecified atom stereocenters. The first-order valence-corrected chi connectivity index (χ1v) is 8.56. The first kappa shape index (κ1) is 19.4. The molecular formula is C14H19ClN2O5S. The number of carboxylic acids is 1. The summed E-state index contributed by atoms with van der Waals surface area (Å²) < 4.78 is 25.2. The predicted molar refractivity (Wildman–Crippen MR) is 86.1 cm³/mol. The molecule has 0 aromatic heterocycles. The van der Waals surface area contributed by atoms with Crippen molar-refractivity contribution in [3.05, 3.63) is 28.8 Å². The van der Waals surface area contributed by atoms with E-state index >= 15 is 0 Å². The number of carboxylic acid groups (broad SMARTS) is 1. The molecule has 0 bridgehead atoms. The van der Waals surface area contributed by atoms with E-state index in [0.717, 1.165) is 10.4 Å². The Morgan fingerprint density at radius 3 is 2.26 bits per heavy atom. The first-order chi connectivity index (χ1) is 10.5. The number of halogens is 1. The summed E-state index contributed by atoms with van der Waals surface area (Å²) in [5.74, 6) is -2.27. The number of hydrogen-bond donors (Lipinski definition) is 2. The molecule has 0 spiro atoms. The van der Waals surface area contributed by atoms with Gasteiger partial charge in [0.15, 0.2) is 0 Å². The summed E-state index contributed by atoms with van der Waals surface area (Å²) in [5, 5.41) is 11.5. The molecule has 2 N–H and O–H groups in total. The third kappa shape index (κ3) is 4.43. The molecular weight excluding hydrogens is 344 g/mol. The molecule has 0 fully saturated rings. The maximum Gasteiger partial charge on any atom is 0.326 e. The van der Waals surface area contributed by atoms with E-state index in [0.29, 0.717) is 0 Å². The zero-order valence-electron chi connectivity index (χ0n) is 13.2. The molecule has 0 aliphatic heterocycles. The summed E-state index contributed by atoms with van der Waals surface area (Å²) in [7, 11) is -1.00. The second kappa shape index (κ2) is 7.29. The molecule has 23 heavy (non-hydrogen) atoms. The van der Waals surface area contributed by atoms with Gasteiger partial charge in [0.2, 0.25) is 10.0 Å². The van der Waals surface area contributed by atoms with E-state index in [9.17, 15) is 18.0 Å². The number of rotatable bonds is 6. The maximum atomic E-state index is 12.3. The summed E-state index contributed by atoms with van der Waals surface area (Å²) in [6, 6.07) is 2.60. The molecule has 0 aliphatic rings. The van der Waals surface area contributed by atoms with Gasteiger partial charge in [-0.25, -0.2) is 17.5 Å². The third-order valence-corrected chi connectivity index (χ3v) is 5.32. The van der Waals surface area contributed by atoms with Crippen LogP contribution in [0.1, 0.15) is 24.2 Å². The molecule has 128 valence electrons. The van der Waals surface area contributed by atoms with Crippen LogP contribution in [0.25, 0.3) is 0 Å². The van der Waals surface area contributed by atoms with Gasteiger partial charge in [-0.3, -0.25) is 4.79 Å². The van der Waals surface area contributed by atoms with Crippen LogP contribution in [0.3, 0.4) is 0 Å². The Morgan fingerprint density at radius 2 is 1.83 bits per heavy atom. The molecule has 1 rings (SSSR count). The number of sulfonamides is 1. The molecule has 0 aliphatic carbocycles. The minimum Gasteiger partial charge on any atom is -0.480 e. The fourth-order valence-corrected chi connectivity index (χ4v) is 2.91. The van der Waals surface area contributed by atoms with Crippen molar-refractivity contribution < 1.29 is 23.1 Å². The molecule has 0 saturated carbocycles. The van der Waals surface area contributed by atoms with E-state index in [2.05, 4.69) is 5.32 Å². The third-order valence-electron chi connectivity index (χ3n) is 3.18. The first-order valence-electron chi connectivity index (χ1n) is 6.74. The second-order valence-electron chi connectivity index (χ2n) is 5.46. The van der Waals surface area contributed by atoms with Crippen LogP contribution in [0.4, 0.5) is 0 Å². The van der Waals surface area contributed by atoms with Crippen molar-refractivity contribution in [2.75, 3.05) is 14.1 Å². The molecule has 1 aromatic carbocycles. The van der Waals surface area contributed by atoms with Crippen molar-refractivity contribution in [1.82, 2.24) is 9.62 Å². The van der Waals surface area contributed by atoms with Crippen molar-refractivity contribution in [3.63, 3.8) is 0 Å². The SMILES string of the molecule is CC(C)[C@H](NC(=O)c1cc(S(=O)(=O)N(C)C)ccc1Cl)C(=O)O. The predicted octanol–water partition coefficient (Wildman–Crippen LogP) is 1.43. The van der Waals surface area contributed by atoms with E-state index in [-0.39, 0.29) is 21.4 Å². The van der Waals surface area contributed by atoms with Crippen molar-refractivity contribution in [2.24, 2.45) is 5.92 Å². The highest BCUT2D eigenvalue weighted by Gasteiger charge is 2.26. The quantitative estimate of drug-likeness (QED) is 0.796. The Labute approximate surface area is 140 Å². The van der Waals surface area contributed by atoms with Gasteiger partial charge in [-0.1, -0.05) is 25.4 Å². The van der Waals surface area contributed by atoms with Gasteiger partial charge in [0, 0.05) is 14.1 Å². The molecule has 7 nitrogen and oxygen atoms in total. The highest BCUT2D eigenvalue weighted by atomic mass is 35.5. The van der Waals surface area contributed by atoms with Crippen molar-refractivity contribution in [3.8, 4) is 0 Å². The van der Waals surface area contributed by atoms with Crippen LogP contribution in [-0.2, 0) is 14.8 Å². The molecule has 0 saturated heterocycles. The zero-order valence-corrected chi connectivity index (χ0v) is 14.8. The summed E-state index contributed by atoms with van der Waals surface area (Å²) in [6.45, 7) is 3.29. The van der Waals surface area contributed by atoms with E-state index in [1.807, 2.05) is 0 Å². The Hall–Kier alpha value is -1.64. The number of hydrogen-bond acceptors (Lipinski definition) is 4. The molecule has 1 amide bonds. The van der Waals surface area contributed by atoms with Crippen LogP contribution in [0.15, 0.2) is 23.1 Å². The largest absolute Gasteiger partial charge is 0.480 e. The number of amides is 1. The highest BCUT2D eigenvalue weighted by molar-refractivity contribution is 7.89. The topological polar surface area (TPSA) is 104 Å². The second-order valence-corrected chi connectivity index (χ2v) is 8.02. The van der Waals surface area contributed by atoms with E-state index in [4.69, 9.17) is 16.7 Å². The Balaban J connectivity index is 3.23. The van der Waals surface area contributed by atoms with Gasteiger partial charge in [0.25, 0.3) is 5.91 Å². The molecule has 1 atom stereocenters. The van der Waals surface area contributed by atoms with Crippen molar-refractivity contribution >= 4 is 33.5 Å². The van der Waals surface area contributed by atoms with Gasteiger partial charge in [-0.2, -0.15) is 0 Å². The minimum atomic E-state index is -3.73. The van der Waals surface area contributed by atoms with Gasteiger partial charge in [-0.15, -0.1) is 0 Å². The summed E-state index contributed by atoms with van der Waals surface area (Å²) in [5.41, 5.74) is -0.0958. The molecule has 0 radical (unpaired) electrons. The smallest absolute Gasteiger partial charge is 0.326 e. The van der Waals surface area contributed by atoms with Crippen LogP contribution in [-0.4, -0.2) is 49.8 Å². The zero-order chi connectivity index (χ0) is 17.9. The number of carbonyl (C=O) groups excluding carboxylic acids is 1. The average molecular weight is 363 g/mol. The average Bonchev–Trinajstić information content (AvgIpc) is 2.43. The fraction of sp³-hybridized carbons (Fsp3) is 0.429. The number of nitrogens with zero attached hydrogens (tertiary/aromatic N) is 1. The van der Waals surface area contributed by atoms with Crippen LogP contribution < -0.4 is 5.32 Å². The normalized spacial score (nSPS) is 13.2. The van der Waals surface area contributed by atoms with Crippen molar-refractivity contribution in [1.29, 1.82) is 0 Å². The Morgan fingerprint density at radius 1 is 1.26 bits per heavy atom. The summed E-state index contributed by atoms with van der Waals surface area (Å²) >= 11 is 5.95. The van der Waals surface area contributed by atoms with E-state index in [1.165, 1.54) is 26.2 Å². The van der Waals surface area contributed by atoms with E-state index < -0.39 is 27.9 Å². The monoisotopic (exact) mass is 362 g/mol. The van der Waals surface area contributed by atoms with Gasteiger partial charge >= 0.3 is 5.97 Å². The van der Waals surface area contributed by atoms with Gasteiger partial charge < -0.3 is 10.4 Å². The number of nitrogens with one attached hydrogen (secondary N) is 1. The number of carbonyl (C=O) groups is 2. The van der Waals surface area contributed by atoms with Crippen LogP contribution in [0.5, 0.6) is 0 Å². The summed E-state index contributed by atoms with van der Waals surface area (Å²) in [4.78, 5) is 23.3. The maximum absolute atomic E-state index is 12.3. The lowest BCUT2D eigenvalue weighted by atomic mass is 10.0.